The maximum absolute atomic E-state index is 14.9. The number of carbonyl (C=O) groups is 9. The first kappa shape index (κ1) is 53.2. The number of ketones is 1. The Hall–Kier alpha value is -5.39. The zero-order valence-electron chi connectivity index (χ0n) is 39.0. The number of nitrogens with two attached hydrogens (primary N) is 1. The molecule has 0 bridgehead atoms. The molecule has 3 aliphatic rings. The van der Waals surface area contributed by atoms with Gasteiger partial charge in [0.1, 0.15) is 24.2 Å². The van der Waals surface area contributed by atoms with Crippen molar-refractivity contribution in [1.82, 2.24) is 31.5 Å². The molecule has 8 N–H and O–H groups in total. The van der Waals surface area contributed by atoms with Crippen molar-refractivity contribution in [1.29, 1.82) is 0 Å². The number of rotatable bonds is 26. The third-order valence-electron chi connectivity index (χ3n) is 13.1. The summed E-state index contributed by atoms with van der Waals surface area (Å²) in [6, 6.07) is 3.95. The second-order valence-corrected chi connectivity index (χ2v) is 18.1. The molecule has 1 aromatic carbocycles. The fraction of sp³-hybridized carbons (Fsp3) is 0.688. The quantitative estimate of drug-likeness (QED) is 0.0664. The predicted octanol–water partition coefficient (Wildman–Crippen LogP) is 2.93. The van der Waals surface area contributed by atoms with Crippen LogP contribution in [0.25, 0.3) is 0 Å². The fourth-order valence-corrected chi connectivity index (χ4v) is 9.35. The van der Waals surface area contributed by atoms with E-state index in [0.717, 1.165) is 31.2 Å². The molecule has 4 unspecified atom stereocenters. The summed E-state index contributed by atoms with van der Waals surface area (Å²) < 4.78 is 6.25. The van der Waals surface area contributed by atoms with Gasteiger partial charge in [-0.3, -0.25) is 43.2 Å². The summed E-state index contributed by atoms with van der Waals surface area (Å²) >= 11 is 0. The van der Waals surface area contributed by atoms with E-state index in [1.54, 1.807) is 6.92 Å². The number of nitrogens with zero attached hydrogens (tertiary/aromatic N) is 1. The van der Waals surface area contributed by atoms with Crippen molar-refractivity contribution in [3.8, 4) is 0 Å². The first-order chi connectivity index (χ1) is 31.7. The van der Waals surface area contributed by atoms with Crippen molar-refractivity contribution in [2.45, 2.75) is 179 Å². The van der Waals surface area contributed by atoms with Crippen LogP contribution in [-0.4, -0.2) is 113 Å². The fourth-order valence-electron chi connectivity index (χ4n) is 9.35. The number of ether oxygens (including phenoxy) is 1. The lowest BCUT2D eigenvalue weighted by Gasteiger charge is -2.36. The molecule has 2 aliphatic carbocycles. The van der Waals surface area contributed by atoms with Crippen LogP contribution in [-0.2, 0) is 54.5 Å². The molecular formula is C48H73N7O11. The maximum atomic E-state index is 14.9. The summed E-state index contributed by atoms with van der Waals surface area (Å²) in [5, 5.41) is 23.1. The maximum Gasteiger partial charge on any atom is 0.307 e. The van der Waals surface area contributed by atoms with Crippen molar-refractivity contribution >= 4 is 53.1 Å². The number of nitrogens with one attached hydrogen (secondary N) is 5. The lowest BCUT2D eigenvalue weighted by molar-refractivity contribution is -0.150. The lowest BCUT2D eigenvalue weighted by atomic mass is 9.78. The van der Waals surface area contributed by atoms with E-state index in [2.05, 4.69) is 26.6 Å². The minimum Gasteiger partial charge on any atom is -0.481 e. The summed E-state index contributed by atoms with van der Waals surface area (Å²) in [4.78, 5) is 122. The molecule has 18 nitrogen and oxygen atoms in total. The summed E-state index contributed by atoms with van der Waals surface area (Å²) in [6.45, 7) is 5.16. The summed E-state index contributed by atoms with van der Waals surface area (Å²) in [5.41, 5.74) is 6.38. The average molecular weight is 924 g/mol. The van der Waals surface area contributed by atoms with Crippen LogP contribution in [0.5, 0.6) is 0 Å². The van der Waals surface area contributed by atoms with Gasteiger partial charge in [-0.2, -0.15) is 0 Å². The summed E-state index contributed by atoms with van der Waals surface area (Å²) in [5.74, 6) is -8.85. The van der Waals surface area contributed by atoms with Gasteiger partial charge in [0.05, 0.1) is 37.1 Å². The smallest absolute Gasteiger partial charge is 0.307 e. The molecule has 4 rings (SSSR count). The SMILES string of the molecule is CCCCC(NC(=O)C(CCCC)NC(=O)CNC(=O)C(=O)C(CCC)NC(=O)[C@@H]1C[C@@H](OCc2ccccc2)CN1C(=O)C(NC(=O)[C@H]1CCCC[C@@H]1C(=O)O)C1CCCCC1)C(N)=O. The molecule has 1 saturated heterocycles. The highest BCUT2D eigenvalue weighted by Crippen LogP contribution is 2.33. The lowest BCUT2D eigenvalue weighted by Crippen LogP contribution is -2.59. The molecule has 66 heavy (non-hydrogen) atoms. The van der Waals surface area contributed by atoms with Crippen molar-refractivity contribution in [3.05, 3.63) is 35.9 Å². The van der Waals surface area contributed by atoms with Crippen LogP contribution >= 0.6 is 0 Å². The van der Waals surface area contributed by atoms with Crippen LogP contribution < -0.4 is 32.3 Å². The largest absolute Gasteiger partial charge is 0.481 e. The molecule has 2 saturated carbocycles. The number of hydrogen-bond acceptors (Lipinski definition) is 10. The number of carboxylic acids is 1. The first-order valence-corrected chi connectivity index (χ1v) is 24.2. The third-order valence-corrected chi connectivity index (χ3v) is 13.1. The van der Waals surface area contributed by atoms with Gasteiger partial charge < -0.3 is 47.1 Å². The minimum atomic E-state index is -1.32. The van der Waals surface area contributed by atoms with Gasteiger partial charge in [0.15, 0.2) is 0 Å². The van der Waals surface area contributed by atoms with Gasteiger partial charge >= 0.3 is 5.97 Å². The van der Waals surface area contributed by atoms with Crippen molar-refractivity contribution in [2.24, 2.45) is 23.5 Å². The Bertz CT molecular complexity index is 1820. The van der Waals surface area contributed by atoms with E-state index >= 15 is 0 Å². The zero-order chi connectivity index (χ0) is 48.2. The Morgan fingerprint density at radius 1 is 0.727 bits per heavy atom. The molecule has 18 heteroatoms. The Kier molecular flexibility index (Phi) is 22.0. The Balaban J connectivity index is 1.49. The van der Waals surface area contributed by atoms with E-state index in [-0.39, 0.29) is 38.3 Å². The highest BCUT2D eigenvalue weighted by atomic mass is 16.5. The van der Waals surface area contributed by atoms with Crippen LogP contribution in [0.15, 0.2) is 30.3 Å². The zero-order valence-corrected chi connectivity index (χ0v) is 39.0. The molecule has 7 amide bonds. The van der Waals surface area contributed by atoms with Crippen LogP contribution in [0.3, 0.4) is 0 Å². The molecule has 0 aromatic heterocycles. The van der Waals surface area contributed by atoms with Crippen LogP contribution in [0.4, 0.5) is 0 Å². The molecule has 1 heterocycles. The van der Waals surface area contributed by atoms with Crippen LogP contribution in [0, 0.1) is 17.8 Å². The number of Topliss-reactive ketones (excluding diaryl/α,β-unsaturated/α-hetero) is 1. The minimum absolute atomic E-state index is 0.00517. The van der Waals surface area contributed by atoms with E-state index in [1.165, 1.54) is 4.90 Å². The normalized spacial score (nSPS) is 21.6. The average Bonchev–Trinajstić information content (AvgIpc) is 3.76. The van der Waals surface area contributed by atoms with Crippen molar-refractivity contribution in [2.75, 3.05) is 13.1 Å². The highest BCUT2D eigenvalue weighted by Gasteiger charge is 2.46. The van der Waals surface area contributed by atoms with E-state index in [0.29, 0.717) is 70.6 Å². The van der Waals surface area contributed by atoms with Crippen molar-refractivity contribution < 1.29 is 53.0 Å². The highest BCUT2D eigenvalue weighted by molar-refractivity contribution is 6.38. The van der Waals surface area contributed by atoms with Gasteiger partial charge in [-0.15, -0.1) is 0 Å². The van der Waals surface area contributed by atoms with Gasteiger partial charge in [-0.25, -0.2) is 0 Å². The number of carbonyl (C=O) groups excluding carboxylic acids is 8. The van der Waals surface area contributed by atoms with Crippen LogP contribution in [0.2, 0.25) is 0 Å². The van der Waals surface area contributed by atoms with E-state index in [4.69, 9.17) is 10.5 Å². The van der Waals surface area contributed by atoms with Gasteiger partial charge in [0, 0.05) is 13.0 Å². The second-order valence-electron chi connectivity index (χ2n) is 18.1. The number of carboxylic acid groups (broad SMARTS) is 1. The van der Waals surface area contributed by atoms with E-state index < -0.39 is 108 Å². The first-order valence-electron chi connectivity index (χ1n) is 24.2. The number of unbranched alkanes of at least 4 members (excludes halogenated alkanes) is 2. The molecule has 3 fully saturated rings. The number of primary amides is 1. The van der Waals surface area contributed by atoms with Gasteiger partial charge in [-0.1, -0.05) is 115 Å². The molecule has 0 radical (unpaired) electrons. The predicted molar refractivity (Wildman–Crippen MR) is 244 cm³/mol. The topological polar surface area (TPSA) is 272 Å². The molecule has 1 aliphatic heterocycles. The molecule has 1 aromatic rings. The number of amides is 7. The van der Waals surface area contributed by atoms with Gasteiger partial charge in [0.25, 0.3) is 5.91 Å². The van der Waals surface area contributed by atoms with Crippen molar-refractivity contribution in [3.63, 3.8) is 0 Å². The molecule has 366 valence electrons. The number of likely N-dealkylation sites (tertiary alicyclic amines) is 1. The molecule has 8 atom stereocenters. The summed E-state index contributed by atoms with van der Waals surface area (Å²) in [7, 11) is 0. The van der Waals surface area contributed by atoms with E-state index in [1.807, 2.05) is 44.2 Å². The molecular weight excluding hydrogens is 851 g/mol. The number of aliphatic carboxylic acids is 1. The van der Waals surface area contributed by atoms with E-state index in [9.17, 15) is 48.3 Å². The Morgan fingerprint density at radius 2 is 1.36 bits per heavy atom. The van der Waals surface area contributed by atoms with Gasteiger partial charge in [0.2, 0.25) is 41.2 Å². The number of benzene rings is 1. The Morgan fingerprint density at radius 3 is 1.98 bits per heavy atom. The monoisotopic (exact) mass is 924 g/mol. The van der Waals surface area contributed by atoms with Gasteiger partial charge in [-0.05, 0) is 56.4 Å². The third kappa shape index (κ3) is 15.9. The van der Waals surface area contributed by atoms with Crippen LogP contribution in [0.1, 0.15) is 142 Å². The Labute approximate surface area is 388 Å². The summed E-state index contributed by atoms with van der Waals surface area (Å²) in [6.07, 6.45) is 9.32. The number of hydrogen-bond donors (Lipinski definition) is 7. The standard InChI is InChI=1S/C48H73N7O11/c1-4-7-24-36(42(49)58)53-44(60)37(25-8-5-2)51-39(56)27-50-46(62)41(57)35(17-6-3)52-45(61)38-26-32(66-29-30-18-11-9-12-19-30)28-55(38)47(63)40(31-20-13-10-14-21-31)54-43(59)33-22-15-16-23-34(33)48(64)65/h9,11-12,18-19,31-38,40H,4-8,10,13-17,20-29H2,1-3H3,(H2,49,58)(H,50,62)(H,51,56)(H,52,61)(H,53,60)(H,54,59)(H,64,65)/t32-,33+,34+,35?,36?,37?,38+,40?/m1/s1. The molecule has 0 spiro atoms. The second kappa shape index (κ2) is 27.3.